The van der Waals surface area contributed by atoms with Crippen LogP contribution in [0, 0.1) is 0 Å². The number of carbonyl (C=O) groups excluding carboxylic acids is 1. The standard InChI is InChI=1S/C11H19Br2NO2/c1-10(7-12,8-13)14-9(15)6-11(16-2)4-3-5-11/h3-8H2,1-2H3,(H,14,15). The van der Waals surface area contributed by atoms with Gasteiger partial charge in [0.25, 0.3) is 0 Å². The van der Waals surface area contributed by atoms with Crippen LogP contribution in [0.3, 0.4) is 0 Å². The van der Waals surface area contributed by atoms with Crippen LogP contribution in [0.25, 0.3) is 0 Å². The van der Waals surface area contributed by atoms with E-state index >= 15 is 0 Å². The van der Waals surface area contributed by atoms with Crippen molar-refractivity contribution in [2.24, 2.45) is 0 Å². The molecule has 0 aliphatic heterocycles. The molecule has 0 bridgehead atoms. The molecule has 1 saturated carbocycles. The third kappa shape index (κ3) is 3.44. The number of methoxy groups -OCH3 is 1. The topological polar surface area (TPSA) is 38.3 Å². The summed E-state index contributed by atoms with van der Waals surface area (Å²) < 4.78 is 5.44. The highest BCUT2D eigenvalue weighted by Gasteiger charge is 2.40. The number of hydrogen-bond donors (Lipinski definition) is 1. The maximum absolute atomic E-state index is 11.9. The Labute approximate surface area is 114 Å². The van der Waals surface area contributed by atoms with Gasteiger partial charge in [0.05, 0.1) is 17.6 Å². The van der Waals surface area contributed by atoms with E-state index in [-0.39, 0.29) is 17.0 Å². The number of amides is 1. The van der Waals surface area contributed by atoms with E-state index in [0.717, 1.165) is 29.9 Å². The number of ether oxygens (including phenoxy) is 1. The first-order valence-corrected chi connectivity index (χ1v) is 7.72. The Morgan fingerprint density at radius 2 is 2.00 bits per heavy atom. The second-order valence-electron chi connectivity index (χ2n) is 4.79. The van der Waals surface area contributed by atoms with Gasteiger partial charge in [0.2, 0.25) is 5.91 Å². The minimum atomic E-state index is -0.226. The van der Waals surface area contributed by atoms with Crippen molar-refractivity contribution < 1.29 is 9.53 Å². The number of nitrogens with one attached hydrogen (secondary N) is 1. The van der Waals surface area contributed by atoms with Gasteiger partial charge in [-0.25, -0.2) is 0 Å². The highest BCUT2D eigenvalue weighted by atomic mass is 79.9. The van der Waals surface area contributed by atoms with Gasteiger partial charge >= 0.3 is 0 Å². The highest BCUT2D eigenvalue weighted by molar-refractivity contribution is 9.09. The molecule has 0 aromatic rings. The molecular formula is C11H19Br2NO2. The molecule has 16 heavy (non-hydrogen) atoms. The Hall–Kier alpha value is 0.390. The lowest BCUT2D eigenvalue weighted by Crippen LogP contribution is -2.52. The molecule has 0 spiro atoms. The molecule has 3 nitrogen and oxygen atoms in total. The molecule has 1 N–H and O–H groups in total. The van der Waals surface area contributed by atoms with Crippen LogP contribution in [0.15, 0.2) is 0 Å². The average molecular weight is 357 g/mol. The van der Waals surface area contributed by atoms with E-state index in [0.29, 0.717) is 6.42 Å². The summed E-state index contributed by atoms with van der Waals surface area (Å²) in [6, 6.07) is 0. The quantitative estimate of drug-likeness (QED) is 0.743. The fourth-order valence-corrected chi connectivity index (χ4v) is 3.01. The minimum Gasteiger partial charge on any atom is -0.378 e. The number of alkyl halides is 2. The number of hydrogen-bond acceptors (Lipinski definition) is 2. The maximum Gasteiger partial charge on any atom is 0.223 e. The first-order valence-electron chi connectivity index (χ1n) is 5.47. The Morgan fingerprint density at radius 1 is 1.44 bits per heavy atom. The molecule has 0 aromatic heterocycles. The van der Waals surface area contributed by atoms with Crippen LogP contribution in [0.1, 0.15) is 32.6 Å². The molecule has 0 saturated heterocycles. The summed E-state index contributed by atoms with van der Waals surface area (Å²) in [5, 5.41) is 4.50. The van der Waals surface area contributed by atoms with Gasteiger partial charge in [-0.15, -0.1) is 0 Å². The monoisotopic (exact) mass is 355 g/mol. The normalized spacial score (nSPS) is 19.0. The summed E-state index contributed by atoms with van der Waals surface area (Å²) in [6.07, 6.45) is 3.63. The summed E-state index contributed by atoms with van der Waals surface area (Å²) in [4.78, 5) is 11.9. The van der Waals surface area contributed by atoms with Crippen molar-refractivity contribution in [2.75, 3.05) is 17.8 Å². The van der Waals surface area contributed by atoms with Gasteiger partial charge in [-0.1, -0.05) is 31.9 Å². The number of halogens is 2. The van der Waals surface area contributed by atoms with Gasteiger partial charge in [0.15, 0.2) is 0 Å². The summed E-state index contributed by atoms with van der Waals surface area (Å²) in [5.74, 6) is 0.0722. The van der Waals surface area contributed by atoms with Crippen molar-refractivity contribution in [3.05, 3.63) is 0 Å². The predicted molar refractivity (Wildman–Crippen MR) is 72.3 cm³/mol. The summed E-state index contributed by atoms with van der Waals surface area (Å²) in [5.41, 5.74) is -0.417. The van der Waals surface area contributed by atoms with Crippen LogP contribution in [0.5, 0.6) is 0 Å². The first kappa shape index (κ1) is 14.5. The van der Waals surface area contributed by atoms with Crippen LogP contribution >= 0.6 is 31.9 Å². The van der Waals surface area contributed by atoms with Gasteiger partial charge in [0.1, 0.15) is 0 Å². The Morgan fingerprint density at radius 3 is 2.31 bits per heavy atom. The zero-order valence-corrected chi connectivity index (χ0v) is 13.0. The van der Waals surface area contributed by atoms with E-state index in [4.69, 9.17) is 4.74 Å². The van der Waals surface area contributed by atoms with E-state index in [1.807, 2.05) is 6.92 Å². The lowest BCUT2D eigenvalue weighted by Gasteiger charge is -2.40. The van der Waals surface area contributed by atoms with Crippen molar-refractivity contribution in [1.82, 2.24) is 5.32 Å². The van der Waals surface area contributed by atoms with Crippen LogP contribution in [0.2, 0.25) is 0 Å². The van der Waals surface area contributed by atoms with Crippen molar-refractivity contribution in [2.45, 2.75) is 43.7 Å². The second-order valence-corrected chi connectivity index (χ2v) is 5.92. The molecule has 0 atom stereocenters. The summed E-state index contributed by atoms with van der Waals surface area (Å²) in [7, 11) is 1.70. The van der Waals surface area contributed by atoms with Crippen LogP contribution in [-0.2, 0) is 9.53 Å². The van der Waals surface area contributed by atoms with Crippen molar-refractivity contribution in [3.63, 3.8) is 0 Å². The molecule has 0 unspecified atom stereocenters. The number of carbonyl (C=O) groups is 1. The van der Waals surface area contributed by atoms with Crippen LogP contribution in [0.4, 0.5) is 0 Å². The summed E-state index contributed by atoms with van der Waals surface area (Å²) in [6.45, 7) is 2.01. The van der Waals surface area contributed by atoms with Crippen LogP contribution in [-0.4, -0.2) is 34.8 Å². The van der Waals surface area contributed by atoms with Crippen molar-refractivity contribution in [1.29, 1.82) is 0 Å². The zero-order valence-electron chi connectivity index (χ0n) is 9.82. The molecule has 0 radical (unpaired) electrons. The Kier molecular flexibility index (Phi) is 5.26. The van der Waals surface area contributed by atoms with Gasteiger partial charge in [-0.2, -0.15) is 0 Å². The molecule has 94 valence electrons. The van der Waals surface area contributed by atoms with Crippen molar-refractivity contribution in [3.8, 4) is 0 Å². The van der Waals surface area contributed by atoms with Crippen molar-refractivity contribution >= 4 is 37.8 Å². The summed E-state index contributed by atoms with van der Waals surface area (Å²) >= 11 is 6.82. The highest BCUT2D eigenvalue weighted by Crippen LogP contribution is 2.38. The van der Waals surface area contributed by atoms with Gasteiger partial charge in [0, 0.05) is 17.8 Å². The largest absolute Gasteiger partial charge is 0.378 e. The predicted octanol–water partition coefficient (Wildman–Crippen LogP) is 2.61. The van der Waals surface area contributed by atoms with Crippen LogP contribution < -0.4 is 5.32 Å². The van der Waals surface area contributed by atoms with E-state index in [1.165, 1.54) is 0 Å². The minimum absolute atomic E-state index is 0.0722. The molecule has 1 amide bonds. The van der Waals surface area contributed by atoms with Gasteiger partial charge in [-0.3, -0.25) is 4.79 Å². The van der Waals surface area contributed by atoms with Gasteiger partial charge < -0.3 is 10.1 Å². The fraction of sp³-hybridized carbons (Fsp3) is 0.909. The number of rotatable bonds is 6. The average Bonchev–Trinajstić information content (AvgIpc) is 2.23. The van der Waals surface area contributed by atoms with E-state index in [9.17, 15) is 4.79 Å². The lowest BCUT2D eigenvalue weighted by molar-refractivity contribution is -0.135. The van der Waals surface area contributed by atoms with E-state index in [1.54, 1.807) is 7.11 Å². The van der Waals surface area contributed by atoms with Gasteiger partial charge in [-0.05, 0) is 26.2 Å². The molecule has 5 heteroatoms. The lowest BCUT2D eigenvalue weighted by atomic mass is 9.77. The Bertz CT molecular complexity index is 228. The second kappa shape index (κ2) is 5.83. The molecule has 1 aliphatic carbocycles. The van der Waals surface area contributed by atoms with E-state index in [2.05, 4.69) is 37.2 Å². The maximum atomic E-state index is 11.9. The molecule has 1 aliphatic rings. The fourth-order valence-electron chi connectivity index (χ4n) is 1.80. The third-order valence-electron chi connectivity index (χ3n) is 3.21. The molecule has 1 rings (SSSR count). The smallest absolute Gasteiger partial charge is 0.223 e. The molecule has 0 heterocycles. The molecular weight excluding hydrogens is 338 g/mol. The first-order chi connectivity index (χ1) is 7.49. The zero-order chi connectivity index (χ0) is 12.2. The molecule has 0 aromatic carbocycles. The van der Waals surface area contributed by atoms with E-state index < -0.39 is 0 Å². The Balaban J connectivity index is 2.46. The third-order valence-corrected chi connectivity index (χ3v) is 5.69. The molecule has 1 fully saturated rings. The SMILES string of the molecule is COC1(CC(=O)NC(C)(CBr)CBr)CCC1.